The third-order valence-electron chi connectivity index (χ3n) is 2.76. The van der Waals surface area contributed by atoms with Gasteiger partial charge in [0.05, 0.1) is 6.10 Å². The third kappa shape index (κ3) is 3.09. The number of thiophene rings is 1. The lowest BCUT2D eigenvalue weighted by Gasteiger charge is -2.27. The summed E-state index contributed by atoms with van der Waals surface area (Å²) in [6, 6.07) is 4.83. The smallest absolute Gasteiger partial charge is 0.250 e. The van der Waals surface area contributed by atoms with Crippen LogP contribution in [0.25, 0.3) is 0 Å². The fraction of sp³-hybridized carbons (Fsp3) is 0.545. The van der Waals surface area contributed by atoms with Gasteiger partial charge in [-0.05, 0) is 31.9 Å². The second-order valence-electron chi connectivity index (χ2n) is 4.25. The first-order chi connectivity index (χ1) is 8.51. The SMILES string of the molecule is CC1CC(NS(=O)(=O)c2ccc(C#N)s2)CCO1. The molecule has 7 heteroatoms. The maximum Gasteiger partial charge on any atom is 0.250 e. The average molecular weight is 286 g/mol. The number of nitriles is 1. The number of hydrogen-bond acceptors (Lipinski definition) is 5. The van der Waals surface area contributed by atoms with Crippen molar-refractivity contribution in [1.82, 2.24) is 4.72 Å². The van der Waals surface area contributed by atoms with Crippen molar-refractivity contribution in [2.24, 2.45) is 0 Å². The minimum atomic E-state index is -3.51. The van der Waals surface area contributed by atoms with E-state index in [0.29, 0.717) is 24.3 Å². The molecule has 1 aromatic heterocycles. The van der Waals surface area contributed by atoms with Crippen molar-refractivity contribution < 1.29 is 13.2 Å². The Balaban J connectivity index is 2.09. The molecule has 18 heavy (non-hydrogen) atoms. The van der Waals surface area contributed by atoms with Crippen molar-refractivity contribution in [3.05, 3.63) is 17.0 Å². The van der Waals surface area contributed by atoms with Gasteiger partial charge in [-0.25, -0.2) is 13.1 Å². The lowest BCUT2D eigenvalue weighted by molar-refractivity contribution is 0.0173. The topological polar surface area (TPSA) is 79.2 Å². The Morgan fingerprint density at radius 2 is 2.33 bits per heavy atom. The van der Waals surface area contributed by atoms with Crippen LogP contribution in [0.2, 0.25) is 0 Å². The van der Waals surface area contributed by atoms with E-state index in [1.165, 1.54) is 12.1 Å². The predicted molar refractivity (Wildman–Crippen MR) is 67.8 cm³/mol. The number of sulfonamides is 1. The molecular formula is C11H14N2O3S2. The largest absolute Gasteiger partial charge is 0.378 e. The van der Waals surface area contributed by atoms with Gasteiger partial charge in [-0.15, -0.1) is 11.3 Å². The quantitative estimate of drug-likeness (QED) is 0.912. The zero-order chi connectivity index (χ0) is 13.2. The van der Waals surface area contributed by atoms with E-state index in [1.54, 1.807) is 0 Å². The Bertz CT molecular complexity index is 559. The maximum absolute atomic E-state index is 12.1. The van der Waals surface area contributed by atoms with Crippen LogP contribution in [0.15, 0.2) is 16.3 Å². The molecule has 2 rings (SSSR count). The van der Waals surface area contributed by atoms with E-state index in [0.717, 1.165) is 11.3 Å². The van der Waals surface area contributed by atoms with Crippen LogP contribution in [-0.2, 0) is 14.8 Å². The van der Waals surface area contributed by atoms with Crippen LogP contribution in [0, 0.1) is 11.3 Å². The summed E-state index contributed by atoms with van der Waals surface area (Å²) in [5.74, 6) is 0. The molecule has 1 fully saturated rings. The Morgan fingerprint density at radius 3 is 2.94 bits per heavy atom. The van der Waals surface area contributed by atoms with Gasteiger partial charge in [0, 0.05) is 12.6 Å². The molecule has 98 valence electrons. The van der Waals surface area contributed by atoms with Gasteiger partial charge in [0.15, 0.2) is 0 Å². The lowest BCUT2D eigenvalue weighted by Crippen LogP contribution is -2.40. The van der Waals surface area contributed by atoms with Gasteiger partial charge in [-0.3, -0.25) is 0 Å². The highest BCUT2D eigenvalue weighted by molar-refractivity contribution is 7.91. The maximum atomic E-state index is 12.1. The van der Waals surface area contributed by atoms with Crippen LogP contribution in [0.3, 0.4) is 0 Å². The van der Waals surface area contributed by atoms with Gasteiger partial charge in [0.2, 0.25) is 10.0 Å². The Kier molecular flexibility index (Phi) is 4.02. The molecule has 1 aliphatic heterocycles. The van der Waals surface area contributed by atoms with Gasteiger partial charge in [0.25, 0.3) is 0 Å². The Morgan fingerprint density at radius 1 is 1.56 bits per heavy atom. The molecule has 0 radical (unpaired) electrons. The second kappa shape index (κ2) is 5.36. The van der Waals surface area contributed by atoms with Crippen molar-refractivity contribution in [3.8, 4) is 6.07 Å². The molecule has 0 saturated carbocycles. The summed E-state index contributed by atoms with van der Waals surface area (Å²) in [5, 5.41) is 8.70. The van der Waals surface area contributed by atoms with E-state index in [9.17, 15) is 8.42 Å². The fourth-order valence-electron chi connectivity index (χ4n) is 1.91. The first kappa shape index (κ1) is 13.5. The lowest BCUT2D eigenvalue weighted by atomic mass is 10.1. The molecule has 0 spiro atoms. The van der Waals surface area contributed by atoms with Gasteiger partial charge in [0.1, 0.15) is 15.2 Å². The van der Waals surface area contributed by atoms with E-state index in [2.05, 4.69) is 4.72 Å². The van der Waals surface area contributed by atoms with Crippen LogP contribution in [0.5, 0.6) is 0 Å². The zero-order valence-corrected chi connectivity index (χ0v) is 11.6. The number of nitrogens with one attached hydrogen (secondary N) is 1. The van der Waals surface area contributed by atoms with Crippen LogP contribution >= 0.6 is 11.3 Å². The predicted octanol–water partition coefficient (Wildman–Crippen LogP) is 1.47. The van der Waals surface area contributed by atoms with E-state index in [4.69, 9.17) is 10.00 Å². The van der Waals surface area contributed by atoms with Crippen molar-refractivity contribution in [1.29, 1.82) is 5.26 Å². The summed E-state index contributed by atoms with van der Waals surface area (Å²) in [6.45, 7) is 2.50. The highest BCUT2D eigenvalue weighted by Gasteiger charge is 2.26. The number of hydrogen-bond donors (Lipinski definition) is 1. The number of rotatable bonds is 3. The molecule has 0 amide bonds. The molecule has 5 nitrogen and oxygen atoms in total. The first-order valence-electron chi connectivity index (χ1n) is 5.65. The number of ether oxygens (including phenoxy) is 1. The molecule has 0 aliphatic carbocycles. The molecule has 0 bridgehead atoms. The third-order valence-corrected chi connectivity index (χ3v) is 5.77. The molecule has 2 heterocycles. The van der Waals surface area contributed by atoms with Crippen molar-refractivity contribution >= 4 is 21.4 Å². The highest BCUT2D eigenvalue weighted by Crippen LogP contribution is 2.22. The van der Waals surface area contributed by atoms with E-state index < -0.39 is 10.0 Å². The first-order valence-corrected chi connectivity index (χ1v) is 7.95. The summed E-state index contributed by atoms with van der Waals surface area (Å²) < 4.78 is 32.4. The fourth-order valence-corrected chi connectivity index (χ4v) is 4.31. The van der Waals surface area contributed by atoms with Gasteiger partial charge >= 0.3 is 0 Å². The van der Waals surface area contributed by atoms with Crippen LogP contribution < -0.4 is 4.72 Å². The Hall–Kier alpha value is -0.940. The van der Waals surface area contributed by atoms with Gasteiger partial charge in [-0.2, -0.15) is 5.26 Å². The van der Waals surface area contributed by atoms with Crippen molar-refractivity contribution in [3.63, 3.8) is 0 Å². The minimum Gasteiger partial charge on any atom is -0.378 e. The molecule has 2 atom stereocenters. The summed E-state index contributed by atoms with van der Waals surface area (Å²) in [6.07, 6.45) is 1.43. The standard InChI is InChI=1S/C11H14N2O3S2/c1-8-6-9(4-5-16-8)13-18(14,15)11-3-2-10(7-12)17-11/h2-3,8-9,13H,4-6H2,1H3. The van der Waals surface area contributed by atoms with Gasteiger partial charge < -0.3 is 4.74 Å². The molecule has 1 aliphatic rings. The monoisotopic (exact) mass is 286 g/mol. The van der Waals surface area contributed by atoms with Crippen LogP contribution in [0.4, 0.5) is 0 Å². The molecule has 2 unspecified atom stereocenters. The van der Waals surface area contributed by atoms with Crippen LogP contribution in [0.1, 0.15) is 24.6 Å². The van der Waals surface area contributed by atoms with Crippen molar-refractivity contribution in [2.75, 3.05) is 6.61 Å². The van der Waals surface area contributed by atoms with Crippen molar-refractivity contribution in [2.45, 2.75) is 36.1 Å². The Labute approximate surface area is 110 Å². The summed E-state index contributed by atoms with van der Waals surface area (Å²) >= 11 is 0.986. The van der Waals surface area contributed by atoms with E-state index in [-0.39, 0.29) is 16.4 Å². The highest BCUT2D eigenvalue weighted by atomic mass is 32.2. The van der Waals surface area contributed by atoms with E-state index >= 15 is 0 Å². The number of nitrogens with zero attached hydrogens (tertiary/aromatic N) is 1. The summed E-state index contributed by atoms with van der Waals surface area (Å²) in [5.41, 5.74) is 0. The molecule has 1 N–H and O–H groups in total. The minimum absolute atomic E-state index is 0.0736. The summed E-state index contributed by atoms with van der Waals surface area (Å²) in [4.78, 5) is 0.399. The average Bonchev–Trinajstić information content (AvgIpc) is 2.77. The molecule has 1 aromatic rings. The molecule has 0 aromatic carbocycles. The van der Waals surface area contributed by atoms with Gasteiger partial charge in [-0.1, -0.05) is 0 Å². The normalized spacial score (nSPS) is 24.7. The zero-order valence-electron chi connectivity index (χ0n) is 9.92. The second-order valence-corrected chi connectivity index (χ2v) is 7.28. The molecular weight excluding hydrogens is 272 g/mol. The molecule has 1 saturated heterocycles. The van der Waals surface area contributed by atoms with Crippen LogP contribution in [-0.4, -0.2) is 27.2 Å². The summed E-state index contributed by atoms with van der Waals surface area (Å²) in [7, 11) is -3.51. The van der Waals surface area contributed by atoms with E-state index in [1.807, 2.05) is 13.0 Å².